The third kappa shape index (κ3) is 1.63. The van der Waals surface area contributed by atoms with Crippen LogP contribution in [0.15, 0.2) is 41.5 Å². The zero-order valence-corrected chi connectivity index (χ0v) is 7.42. The molecule has 0 bridgehead atoms. The van der Waals surface area contributed by atoms with Crippen molar-refractivity contribution in [2.24, 2.45) is 5.84 Å². The highest BCUT2D eigenvalue weighted by Crippen LogP contribution is 2.19. The van der Waals surface area contributed by atoms with Crippen LogP contribution < -0.4 is 11.3 Å². The first-order valence-electron chi connectivity index (χ1n) is 4.16. The van der Waals surface area contributed by atoms with Crippen molar-refractivity contribution in [1.29, 1.82) is 0 Å². The molecule has 0 aliphatic heterocycles. The minimum atomic E-state index is -0.203. The fourth-order valence-electron chi connectivity index (χ4n) is 1.26. The molecular weight excluding hydrogens is 180 g/mol. The second-order valence-corrected chi connectivity index (χ2v) is 2.79. The number of hydrazine groups is 1. The van der Waals surface area contributed by atoms with Crippen LogP contribution in [-0.2, 0) is 0 Å². The van der Waals surface area contributed by atoms with Crippen molar-refractivity contribution < 1.29 is 4.42 Å². The quantitative estimate of drug-likeness (QED) is 0.548. The number of nitrogens with two attached hydrogens (primary N) is 1. The molecule has 14 heavy (non-hydrogen) atoms. The second kappa shape index (κ2) is 3.99. The number of hydrogen-bond acceptors (Lipinski definition) is 5. The van der Waals surface area contributed by atoms with E-state index in [1.165, 1.54) is 6.33 Å². The van der Waals surface area contributed by atoms with Crippen LogP contribution in [0.3, 0.4) is 0 Å². The molecule has 2 aromatic rings. The van der Waals surface area contributed by atoms with Gasteiger partial charge in [-0.25, -0.2) is 15.4 Å². The van der Waals surface area contributed by atoms with Crippen molar-refractivity contribution in [2.75, 3.05) is 0 Å². The summed E-state index contributed by atoms with van der Waals surface area (Å²) in [6, 6.07) is 3.45. The molecule has 2 heterocycles. The Morgan fingerprint density at radius 2 is 2.14 bits per heavy atom. The molecule has 5 nitrogen and oxygen atoms in total. The summed E-state index contributed by atoms with van der Waals surface area (Å²) in [5, 5.41) is 0. The Hall–Kier alpha value is -1.72. The maximum absolute atomic E-state index is 5.43. The van der Waals surface area contributed by atoms with E-state index in [4.69, 9.17) is 10.3 Å². The predicted octanol–water partition coefficient (Wildman–Crippen LogP) is 0.622. The number of aromatic nitrogens is 2. The van der Waals surface area contributed by atoms with E-state index in [2.05, 4.69) is 15.4 Å². The molecule has 1 atom stereocenters. The lowest BCUT2D eigenvalue weighted by atomic mass is 10.1. The van der Waals surface area contributed by atoms with Crippen LogP contribution in [0, 0.1) is 0 Å². The summed E-state index contributed by atoms with van der Waals surface area (Å²) in [4.78, 5) is 7.83. The van der Waals surface area contributed by atoms with Gasteiger partial charge in [0.2, 0.25) is 0 Å². The van der Waals surface area contributed by atoms with Crippen LogP contribution in [0.25, 0.3) is 0 Å². The molecule has 0 amide bonds. The molecule has 2 rings (SSSR count). The van der Waals surface area contributed by atoms with E-state index < -0.39 is 0 Å². The molecule has 0 fully saturated rings. The van der Waals surface area contributed by atoms with Gasteiger partial charge in [0.05, 0.1) is 6.26 Å². The Balaban J connectivity index is 2.31. The summed E-state index contributed by atoms with van der Waals surface area (Å²) >= 11 is 0. The molecule has 5 heteroatoms. The van der Waals surface area contributed by atoms with Gasteiger partial charge in [0.25, 0.3) is 0 Å². The van der Waals surface area contributed by atoms with E-state index in [0.717, 1.165) is 11.3 Å². The van der Waals surface area contributed by atoms with Gasteiger partial charge in [-0.2, -0.15) is 0 Å². The smallest absolute Gasteiger partial charge is 0.126 e. The van der Waals surface area contributed by atoms with E-state index in [1.807, 2.05) is 12.1 Å². The van der Waals surface area contributed by atoms with Crippen LogP contribution in [0.4, 0.5) is 0 Å². The molecule has 0 saturated carbocycles. The zero-order valence-electron chi connectivity index (χ0n) is 7.42. The SMILES string of the molecule is NNC(c1cncnc1)c1ccco1. The lowest BCUT2D eigenvalue weighted by Crippen LogP contribution is -2.28. The molecule has 1 unspecified atom stereocenters. The number of nitrogens with zero attached hydrogens (tertiary/aromatic N) is 2. The van der Waals surface area contributed by atoms with Gasteiger partial charge in [-0.1, -0.05) is 0 Å². The second-order valence-electron chi connectivity index (χ2n) is 2.79. The minimum absolute atomic E-state index is 0.203. The fourth-order valence-corrected chi connectivity index (χ4v) is 1.26. The molecule has 0 radical (unpaired) electrons. The number of rotatable bonds is 3. The molecule has 0 aromatic carbocycles. The third-order valence-corrected chi connectivity index (χ3v) is 1.91. The van der Waals surface area contributed by atoms with E-state index in [0.29, 0.717) is 0 Å². The maximum atomic E-state index is 5.43. The van der Waals surface area contributed by atoms with Crippen molar-refractivity contribution in [2.45, 2.75) is 6.04 Å². The van der Waals surface area contributed by atoms with Crippen molar-refractivity contribution in [3.63, 3.8) is 0 Å². The van der Waals surface area contributed by atoms with E-state index in [1.54, 1.807) is 18.7 Å². The van der Waals surface area contributed by atoms with Crippen molar-refractivity contribution in [3.05, 3.63) is 48.4 Å². The molecule has 0 saturated heterocycles. The lowest BCUT2D eigenvalue weighted by Gasteiger charge is -2.11. The van der Waals surface area contributed by atoms with E-state index in [9.17, 15) is 0 Å². The molecule has 0 spiro atoms. The van der Waals surface area contributed by atoms with E-state index in [-0.39, 0.29) is 6.04 Å². The molecule has 3 N–H and O–H groups in total. The number of furan rings is 1. The summed E-state index contributed by atoms with van der Waals surface area (Å²) < 4.78 is 5.24. The Morgan fingerprint density at radius 1 is 1.36 bits per heavy atom. The molecule has 72 valence electrons. The monoisotopic (exact) mass is 190 g/mol. The summed E-state index contributed by atoms with van der Waals surface area (Å²) in [5.74, 6) is 6.17. The minimum Gasteiger partial charge on any atom is -0.467 e. The lowest BCUT2D eigenvalue weighted by molar-refractivity contribution is 0.451. The molecular formula is C9H10N4O. The number of nitrogens with one attached hydrogen (secondary N) is 1. The van der Waals surface area contributed by atoms with Crippen molar-refractivity contribution >= 4 is 0 Å². The predicted molar refractivity (Wildman–Crippen MR) is 49.9 cm³/mol. The molecule has 0 aliphatic carbocycles. The summed E-state index contributed by atoms with van der Waals surface area (Å²) in [6.45, 7) is 0. The molecule has 0 aliphatic rings. The van der Waals surface area contributed by atoms with Gasteiger partial charge in [0.15, 0.2) is 0 Å². The van der Waals surface area contributed by atoms with Gasteiger partial charge in [-0.05, 0) is 12.1 Å². The van der Waals surface area contributed by atoms with Crippen molar-refractivity contribution in [1.82, 2.24) is 15.4 Å². The van der Waals surface area contributed by atoms with Crippen LogP contribution in [-0.4, -0.2) is 9.97 Å². The van der Waals surface area contributed by atoms with Crippen molar-refractivity contribution in [3.8, 4) is 0 Å². The average Bonchev–Trinajstić information content (AvgIpc) is 2.74. The van der Waals surface area contributed by atoms with Crippen LogP contribution in [0.1, 0.15) is 17.4 Å². The summed E-state index contributed by atoms with van der Waals surface area (Å²) in [7, 11) is 0. The maximum Gasteiger partial charge on any atom is 0.126 e. The van der Waals surface area contributed by atoms with E-state index >= 15 is 0 Å². The standard InChI is InChI=1S/C9H10N4O/c10-13-9(8-2-1-3-14-8)7-4-11-6-12-5-7/h1-6,9,13H,10H2. The van der Waals surface area contributed by atoms with Crippen LogP contribution in [0.2, 0.25) is 0 Å². The third-order valence-electron chi connectivity index (χ3n) is 1.91. The van der Waals surface area contributed by atoms with Gasteiger partial charge in [-0.15, -0.1) is 0 Å². The van der Waals surface area contributed by atoms with Gasteiger partial charge >= 0.3 is 0 Å². The van der Waals surface area contributed by atoms with Gasteiger partial charge in [0.1, 0.15) is 18.1 Å². The summed E-state index contributed by atoms with van der Waals surface area (Å²) in [5.41, 5.74) is 3.51. The van der Waals surface area contributed by atoms with Crippen LogP contribution >= 0.6 is 0 Å². The average molecular weight is 190 g/mol. The molecule has 2 aromatic heterocycles. The topological polar surface area (TPSA) is 77.0 Å². The first kappa shape index (κ1) is 8.86. The van der Waals surface area contributed by atoms with Gasteiger partial charge in [-0.3, -0.25) is 5.84 Å². The largest absolute Gasteiger partial charge is 0.467 e. The zero-order chi connectivity index (χ0) is 9.80. The van der Waals surface area contributed by atoms with Crippen LogP contribution in [0.5, 0.6) is 0 Å². The normalized spacial score (nSPS) is 12.6. The van der Waals surface area contributed by atoms with Gasteiger partial charge in [0, 0.05) is 18.0 Å². The number of hydrogen-bond donors (Lipinski definition) is 2. The highest BCUT2D eigenvalue weighted by Gasteiger charge is 2.14. The highest BCUT2D eigenvalue weighted by molar-refractivity contribution is 5.20. The van der Waals surface area contributed by atoms with Gasteiger partial charge < -0.3 is 4.42 Å². The Bertz CT molecular complexity index is 373. The Labute approximate surface area is 80.9 Å². The first-order chi connectivity index (χ1) is 6.92. The highest BCUT2D eigenvalue weighted by atomic mass is 16.3. The first-order valence-corrected chi connectivity index (χ1v) is 4.16. The Morgan fingerprint density at radius 3 is 2.71 bits per heavy atom. The Kier molecular flexibility index (Phi) is 2.53. The fraction of sp³-hybridized carbons (Fsp3) is 0.111. The summed E-state index contributed by atoms with van der Waals surface area (Å²) in [6.07, 6.45) is 6.46.